The first-order valence-electron chi connectivity index (χ1n) is 9.96. The maximum Gasteiger partial charge on any atom is 4.00 e. The molecule has 0 saturated carbocycles. The summed E-state index contributed by atoms with van der Waals surface area (Å²) < 4.78 is 0. The number of halogens is 2. The average Bonchev–Trinajstić information content (AvgIpc) is 3.03. The third-order valence-electron chi connectivity index (χ3n) is 6.30. The third-order valence-corrected chi connectivity index (χ3v) is 10.1. The van der Waals surface area contributed by atoms with Crippen LogP contribution in [0.2, 0.25) is 13.1 Å². The molecule has 0 radical (unpaired) electrons. The zero-order chi connectivity index (χ0) is 19.7. The van der Waals surface area contributed by atoms with Gasteiger partial charge in [0.15, 0.2) is 0 Å². The van der Waals surface area contributed by atoms with E-state index < -0.39 is 8.07 Å². The van der Waals surface area contributed by atoms with Gasteiger partial charge in [-0.3, -0.25) is 0 Å². The minimum absolute atomic E-state index is 0. The van der Waals surface area contributed by atoms with Gasteiger partial charge in [-0.25, -0.2) is 0 Å². The second-order valence-electron chi connectivity index (χ2n) is 9.12. The van der Waals surface area contributed by atoms with Crippen molar-refractivity contribution in [2.75, 3.05) is 0 Å². The molecule has 0 amide bonds. The molecule has 0 fully saturated rings. The van der Waals surface area contributed by atoms with Crippen LogP contribution in [0, 0.1) is 41.5 Å². The molecule has 4 heteroatoms. The molecule has 0 N–H and O–H groups in total. The van der Waals surface area contributed by atoms with Crippen molar-refractivity contribution in [3.8, 4) is 0 Å². The van der Waals surface area contributed by atoms with E-state index in [1.165, 1.54) is 54.9 Å². The Labute approximate surface area is 209 Å². The molecular formula is C26H30Cl2SiTi. The smallest absolute Gasteiger partial charge is 1.00 e. The van der Waals surface area contributed by atoms with Gasteiger partial charge in [-0.15, -0.1) is 56.9 Å². The second kappa shape index (κ2) is 9.35. The van der Waals surface area contributed by atoms with Gasteiger partial charge in [0.1, 0.15) is 0 Å². The summed E-state index contributed by atoms with van der Waals surface area (Å²) in [5.41, 5.74) is 8.50. The monoisotopic (exact) mass is 488 g/mol. The zero-order valence-electron chi connectivity index (χ0n) is 19.2. The predicted molar refractivity (Wildman–Crippen MR) is 124 cm³/mol. The number of aryl methyl sites for hydroxylation is 6. The van der Waals surface area contributed by atoms with Crippen LogP contribution in [0.25, 0.3) is 21.5 Å². The molecule has 0 heterocycles. The molecule has 4 rings (SSSR count). The molecule has 0 bridgehead atoms. The molecule has 0 aliphatic rings. The van der Waals surface area contributed by atoms with Crippen molar-refractivity contribution in [2.45, 2.75) is 54.6 Å². The van der Waals surface area contributed by atoms with E-state index in [1.54, 1.807) is 10.4 Å². The van der Waals surface area contributed by atoms with E-state index in [-0.39, 0.29) is 46.5 Å². The molecule has 0 aliphatic heterocycles. The summed E-state index contributed by atoms with van der Waals surface area (Å²) in [5.74, 6) is 0. The molecule has 0 aromatic heterocycles. The van der Waals surface area contributed by atoms with Crippen LogP contribution < -0.4 is 35.2 Å². The summed E-state index contributed by atoms with van der Waals surface area (Å²) in [4.78, 5) is 0. The quantitative estimate of drug-likeness (QED) is 0.277. The Morgan fingerprint density at radius 1 is 0.600 bits per heavy atom. The molecule has 0 nitrogen and oxygen atoms in total. The van der Waals surface area contributed by atoms with Crippen LogP contribution in [0.5, 0.6) is 0 Å². The van der Waals surface area contributed by atoms with Gasteiger partial charge in [0, 0.05) is 8.07 Å². The SMILES string of the molecule is Cc1cc(C)c2c([Si](C)(C)c3c(C)[cH-]c4cc(C)cc(C)c34)c(C)[cH-]c2c1.[Cl-].[Cl-].[Ti+4]. The van der Waals surface area contributed by atoms with Crippen molar-refractivity contribution in [3.63, 3.8) is 0 Å². The first-order chi connectivity index (χ1) is 12.6. The van der Waals surface area contributed by atoms with Gasteiger partial charge in [-0.2, -0.15) is 10.4 Å². The number of rotatable bonds is 2. The maximum absolute atomic E-state index is 2.55. The van der Waals surface area contributed by atoms with E-state index in [9.17, 15) is 0 Å². The largest absolute Gasteiger partial charge is 4.00 e. The van der Waals surface area contributed by atoms with Crippen molar-refractivity contribution >= 4 is 40.0 Å². The number of fused-ring (bicyclic) bond motifs is 2. The molecular weight excluding hydrogens is 459 g/mol. The molecule has 0 unspecified atom stereocenters. The van der Waals surface area contributed by atoms with E-state index in [0.29, 0.717) is 0 Å². The van der Waals surface area contributed by atoms with Crippen molar-refractivity contribution in [1.82, 2.24) is 0 Å². The predicted octanol–water partition coefficient (Wildman–Crippen LogP) is 0.109. The minimum Gasteiger partial charge on any atom is -1.00 e. The maximum atomic E-state index is 2.55. The van der Waals surface area contributed by atoms with E-state index in [1.807, 2.05) is 0 Å². The average molecular weight is 489 g/mol. The summed E-state index contributed by atoms with van der Waals surface area (Å²) in [6.07, 6.45) is 0. The Morgan fingerprint density at radius 3 is 1.27 bits per heavy atom. The minimum atomic E-state index is -1.87. The topological polar surface area (TPSA) is 0 Å². The van der Waals surface area contributed by atoms with Gasteiger partial charge in [0.05, 0.1) is 0 Å². The van der Waals surface area contributed by atoms with E-state index in [2.05, 4.69) is 91.0 Å². The number of hydrogen-bond acceptors (Lipinski definition) is 0. The normalized spacial score (nSPS) is 11.2. The fraction of sp³-hybridized carbons (Fsp3) is 0.308. The molecule has 0 saturated heterocycles. The van der Waals surface area contributed by atoms with Crippen molar-refractivity contribution in [1.29, 1.82) is 0 Å². The fourth-order valence-corrected chi connectivity index (χ4v) is 9.95. The molecule has 0 atom stereocenters. The van der Waals surface area contributed by atoms with Crippen molar-refractivity contribution < 1.29 is 46.5 Å². The van der Waals surface area contributed by atoms with Gasteiger partial charge in [-0.05, 0) is 27.7 Å². The molecule has 0 spiro atoms. The fourth-order valence-electron chi connectivity index (χ4n) is 5.65. The van der Waals surface area contributed by atoms with Crippen LogP contribution in [-0.2, 0) is 21.7 Å². The summed E-state index contributed by atoms with van der Waals surface area (Å²) in [7, 11) is -1.87. The van der Waals surface area contributed by atoms with Gasteiger partial charge in [0.2, 0.25) is 0 Å². The first kappa shape index (κ1) is 27.2. The van der Waals surface area contributed by atoms with Crippen LogP contribution >= 0.6 is 0 Å². The van der Waals surface area contributed by atoms with Gasteiger partial charge >= 0.3 is 21.7 Å². The Hall–Kier alpha value is -0.829. The molecule has 156 valence electrons. The van der Waals surface area contributed by atoms with E-state index >= 15 is 0 Å². The van der Waals surface area contributed by atoms with Crippen LogP contribution in [0.1, 0.15) is 33.4 Å². The van der Waals surface area contributed by atoms with Crippen LogP contribution in [0.3, 0.4) is 0 Å². The number of hydrogen-bond donors (Lipinski definition) is 0. The summed E-state index contributed by atoms with van der Waals surface area (Å²) in [5, 5.41) is 9.11. The Balaban J connectivity index is 0.00000150. The third kappa shape index (κ3) is 4.12. The summed E-state index contributed by atoms with van der Waals surface area (Å²) in [6, 6.07) is 14.2. The molecule has 4 aromatic rings. The van der Waals surface area contributed by atoms with Crippen molar-refractivity contribution in [3.05, 3.63) is 69.8 Å². The number of benzene rings is 2. The Bertz CT molecular complexity index is 1120. The summed E-state index contributed by atoms with van der Waals surface area (Å²) >= 11 is 0. The zero-order valence-corrected chi connectivity index (χ0v) is 23.3. The van der Waals surface area contributed by atoms with E-state index in [4.69, 9.17) is 0 Å². The van der Waals surface area contributed by atoms with Gasteiger partial charge in [0.25, 0.3) is 0 Å². The van der Waals surface area contributed by atoms with Crippen LogP contribution in [-0.4, -0.2) is 8.07 Å². The Kier molecular flexibility index (Phi) is 8.48. The molecule has 0 aliphatic carbocycles. The molecule has 30 heavy (non-hydrogen) atoms. The standard InChI is InChI=1S/C26H30Si.2ClH.Ti/c1-15-9-17(3)23-21(11-15)13-19(5)25(23)27(7,8)26-20(6)14-22-12-16(2)10-18(4)24(22)26;;;/h9-14H,1-8H3;2*1H;/q-2;;;+4/p-2. The first-order valence-corrected chi connectivity index (χ1v) is 13.0. The van der Waals surface area contributed by atoms with Gasteiger partial charge in [-0.1, -0.05) is 61.3 Å². The van der Waals surface area contributed by atoms with Gasteiger partial charge < -0.3 is 24.8 Å². The van der Waals surface area contributed by atoms with Crippen LogP contribution in [0.15, 0.2) is 36.4 Å². The molecule has 4 aromatic carbocycles. The van der Waals surface area contributed by atoms with Crippen LogP contribution in [0.4, 0.5) is 0 Å². The van der Waals surface area contributed by atoms with Crippen molar-refractivity contribution in [2.24, 2.45) is 0 Å². The second-order valence-corrected chi connectivity index (χ2v) is 13.4. The summed E-state index contributed by atoms with van der Waals surface area (Å²) in [6.45, 7) is 18.7. The Morgan fingerprint density at radius 2 is 0.933 bits per heavy atom. The van der Waals surface area contributed by atoms with E-state index in [0.717, 1.165) is 0 Å².